The lowest BCUT2D eigenvalue weighted by Crippen LogP contribution is -2.45. The van der Waals surface area contributed by atoms with E-state index in [0.717, 1.165) is 25.8 Å². The molecule has 0 aromatic rings. The number of hydrogen-bond acceptors (Lipinski definition) is 3. The van der Waals surface area contributed by atoms with Gasteiger partial charge in [-0.25, -0.2) is 0 Å². The molecule has 13 heavy (non-hydrogen) atoms. The fourth-order valence-electron chi connectivity index (χ4n) is 2.14. The highest BCUT2D eigenvalue weighted by atomic mass is 16.3. The Morgan fingerprint density at radius 3 is 2.54 bits per heavy atom. The molecule has 2 rings (SSSR count). The number of primary amides is 1. The second-order valence-corrected chi connectivity index (χ2v) is 4.12. The van der Waals surface area contributed by atoms with Crippen molar-refractivity contribution in [1.82, 2.24) is 4.90 Å². The quantitative estimate of drug-likeness (QED) is 0.610. The number of hydrogen-bond donors (Lipinski definition) is 2. The molecule has 0 aromatic heterocycles. The Balaban J connectivity index is 1.98. The number of carbonyl (C=O) groups is 1. The summed E-state index contributed by atoms with van der Waals surface area (Å²) >= 11 is 0. The van der Waals surface area contributed by atoms with Crippen LogP contribution in [0.3, 0.4) is 0 Å². The number of aliphatic hydroxyl groups is 1. The summed E-state index contributed by atoms with van der Waals surface area (Å²) in [5.74, 6) is 0.236. The van der Waals surface area contributed by atoms with Crippen molar-refractivity contribution in [3.05, 3.63) is 0 Å². The summed E-state index contributed by atoms with van der Waals surface area (Å²) in [6, 6.07) is -0.114. The molecule has 2 aliphatic rings. The van der Waals surface area contributed by atoms with Crippen molar-refractivity contribution in [2.45, 2.75) is 31.4 Å². The lowest BCUT2D eigenvalue weighted by Gasteiger charge is -2.24. The van der Waals surface area contributed by atoms with Gasteiger partial charge in [0.1, 0.15) is 0 Å². The lowest BCUT2D eigenvalue weighted by molar-refractivity contribution is -0.123. The van der Waals surface area contributed by atoms with Gasteiger partial charge >= 0.3 is 0 Å². The molecule has 0 spiro atoms. The van der Waals surface area contributed by atoms with E-state index >= 15 is 0 Å². The van der Waals surface area contributed by atoms with Crippen LogP contribution in [0.25, 0.3) is 0 Å². The highest BCUT2D eigenvalue weighted by Crippen LogP contribution is 2.36. The molecular formula is C9H16N2O2. The molecule has 0 bridgehead atoms. The van der Waals surface area contributed by atoms with Crippen LogP contribution in [-0.4, -0.2) is 41.1 Å². The minimum absolute atomic E-state index is 0.114. The van der Waals surface area contributed by atoms with Gasteiger partial charge in [0.25, 0.3) is 0 Å². The van der Waals surface area contributed by atoms with Crippen LogP contribution in [0.15, 0.2) is 0 Å². The molecule has 2 unspecified atom stereocenters. The molecule has 0 radical (unpaired) electrons. The SMILES string of the molecule is NC(=O)C(C1CC1)N1CCC(O)C1. The van der Waals surface area contributed by atoms with Crippen LogP contribution in [0, 0.1) is 5.92 Å². The smallest absolute Gasteiger partial charge is 0.235 e. The van der Waals surface area contributed by atoms with E-state index < -0.39 is 0 Å². The van der Waals surface area contributed by atoms with Crippen LogP contribution >= 0.6 is 0 Å². The number of rotatable bonds is 3. The van der Waals surface area contributed by atoms with Crippen LogP contribution in [0.4, 0.5) is 0 Å². The third kappa shape index (κ3) is 1.84. The Morgan fingerprint density at radius 2 is 2.15 bits per heavy atom. The number of likely N-dealkylation sites (tertiary alicyclic amines) is 1. The van der Waals surface area contributed by atoms with Gasteiger partial charge in [0.15, 0.2) is 0 Å². The molecule has 74 valence electrons. The molecule has 1 amide bonds. The highest BCUT2D eigenvalue weighted by molar-refractivity contribution is 5.80. The van der Waals surface area contributed by atoms with E-state index in [1.807, 2.05) is 4.90 Å². The molecule has 1 aliphatic carbocycles. The van der Waals surface area contributed by atoms with E-state index in [2.05, 4.69) is 0 Å². The summed E-state index contributed by atoms with van der Waals surface area (Å²) in [6.07, 6.45) is 2.73. The van der Waals surface area contributed by atoms with Gasteiger partial charge in [-0.2, -0.15) is 0 Å². The molecule has 2 atom stereocenters. The highest BCUT2D eigenvalue weighted by Gasteiger charge is 2.41. The third-order valence-electron chi connectivity index (χ3n) is 2.95. The standard InChI is InChI=1S/C9H16N2O2/c10-9(13)8(6-1-2-6)11-4-3-7(12)5-11/h6-8,12H,1-5H2,(H2,10,13). The number of amides is 1. The van der Waals surface area contributed by atoms with Crippen LogP contribution in [0.2, 0.25) is 0 Å². The summed E-state index contributed by atoms with van der Waals surface area (Å²) in [5.41, 5.74) is 5.34. The van der Waals surface area contributed by atoms with Gasteiger partial charge in [0.2, 0.25) is 5.91 Å². The maximum atomic E-state index is 11.2. The van der Waals surface area contributed by atoms with Crippen LogP contribution < -0.4 is 5.73 Å². The fourth-order valence-corrected chi connectivity index (χ4v) is 2.14. The predicted molar refractivity (Wildman–Crippen MR) is 47.9 cm³/mol. The Labute approximate surface area is 77.7 Å². The van der Waals surface area contributed by atoms with Crippen molar-refractivity contribution >= 4 is 5.91 Å². The average Bonchev–Trinajstić information content (AvgIpc) is 2.76. The van der Waals surface area contributed by atoms with E-state index in [-0.39, 0.29) is 18.1 Å². The van der Waals surface area contributed by atoms with E-state index in [0.29, 0.717) is 12.5 Å². The number of carbonyl (C=O) groups excluding carboxylic acids is 1. The van der Waals surface area contributed by atoms with Gasteiger partial charge in [0, 0.05) is 13.1 Å². The predicted octanol–water partition coefficient (Wildman–Crippen LogP) is -0.683. The summed E-state index contributed by atoms with van der Waals surface area (Å²) in [4.78, 5) is 13.2. The summed E-state index contributed by atoms with van der Waals surface area (Å²) in [5, 5.41) is 9.34. The summed E-state index contributed by atoms with van der Waals surface area (Å²) in [6.45, 7) is 1.43. The number of nitrogens with two attached hydrogens (primary N) is 1. The molecule has 4 nitrogen and oxygen atoms in total. The molecule has 1 heterocycles. The number of nitrogens with zero attached hydrogens (tertiary/aromatic N) is 1. The second kappa shape index (κ2) is 3.27. The molecular weight excluding hydrogens is 168 g/mol. The zero-order chi connectivity index (χ0) is 9.42. The molecule has 0 aromatic carbocycles. The third-order valence-corrected chi connectivity index (χ3v) is 2.95. The van der Waals surface area contributed by atoms with E-state index in [4.69, 9.17) is 5.73 Å². The van der Waals surface area contributed by atoms with E-state index in [1.54, 1.807) is 0 Å². The van der Waals surface area contributed by atoms with E-state index in [1.165, 1.54) is 0 Å². The molecule has 3 N–H and O–H groups in total. The molecule has 2 fully saturated rings. The van der Waals surface area contributed by atoms with Crippen LogP contribution in [-0.2, 0) is 4.79 Å². The first-order valence-corrected chi connectivity index (χ1v) is 4.90. The summed E-state index contributed by atoms with van der Waals surface area (Å²) in [7, 11) is 0. The maximum absolute atomic E-state index is 11.2. The van der Waals surface area contributed by atoms with Gasteiger partial charge in [0.05, 0.1) is 12.1 Å². The average molecular weight is 184 g/mol. The molecule has 1 aliphatic heterocycles. The van der Waals surface area contributed by atoms with Crippen molar-refractivity contribution in [2.75, 3.05) is 13.1 Å². The van der Waals surface area contributed by atoms with Crippen molar-refractivity contribution in [2.24, 2.45) is 11.7 Å². The maximum Gasteiger partial charge on any atom is 0.235 e. The molecule has 4 heteroatoms. The zero-order valence-electron chi connectivity index (χ0n) is 7.65. The van der Waals surface area contributed by atoms with Crippen LogP contribution in [0.1, 0.15) is 19.3 Å². The Hall–Kier alpha value is -0.610. The Bertz CT molecular complexity index is 216. The first kappa shape index (κ1) is 8.97. The number of β-amino-alcohol motifs (C(OH)–C–C–N with tert-alkyl or cyclic N) is 1. The second-order valence-electron chi connectivity index (χ2n) is 4.12. The fraction of sp³-hybridized carbons (Fsp3) is 0.889. The monoisotopic (exact) mass is 184 g/mol. The minimum Gasteiger partial charge on any atom is -0.392 e. The van der Waals surface area contributed by atoms with Crippen molar-refractivity contribution < 1.29 is 9.90 Å². The normalized spacial score (nSPS) is 31.9. The van der Waals surface area contributed by atoms with Gasteiger partial charge in [-0.3, -0.25) is 9.69 Å². The van der Waals surface area contributed by atoms with Crippen LogP contribution in [0.5, 0.6) is 0 Å². The largest absolute Gasteiger partial charge is 0.392 e. The van der Waals surface area contributed by atoms with Gasteiger partial charge < -0.3 is 10.8 Å². The first-order valence-electron chi connectivity index (χ1n) is 4.90. The molecule has 1 saturated carbocycles. The van der Waals surface area contributed by atoms with Gasteiger partial charge in [-0.1, -0.05) is 0 Å². The minimum atomic E-state index is -0.263. The Kier molecular flexibility index (Phi) is 2.26. The van der Waals surface area contributed by atoms with E-state index in [9.17, 15) is 9.90 Å². The Morgan fingerprint density at radius 1 is 1.46 bits per heavy atom. The van der Waals surface area contributed by atoms with Crippen molar-refractivity contribution in [1.29, 1.82) is 0 Å². The van der Waals surface area contributed by atoms with Gasteiger partial charge in [-0.05, 0) is 25.2 Å². The lowest BCUT2D eigenvalue weighted by atomic mass is 10.1. The number of aliphatic hydroxyl groups excluding tert-OH is 1. The topological polar surface area (TPSA) is 66.6 Å². The van der Waals surface area contributed by atoms with Crippen molar-refractivity contribution in [3.63, 3.8) is 0 Å². The zero-order valence-corrected chi connectivity index (χ0v) is 7.65. The van der Waals surface area contributed by atoms with Gasteiger partial charge in [-0.15, -0.1) is 0 Å². The summed E-state index contributed by atoms with van der Waals surface area (Å²) < 4.78 is 0. The first-order chi connectivity index (χ1) is 6.18. The van der Waals surface area contributed by atoms with Crippen molar-refractivity contribution in [3.8, 4) is 0 Å². The molecule has 1 saturated heterocycles.